The first kappa shape index (κ1) is 13.9. The van der Waals surface area contributed by atoms with Crippen molar-refractivity contribution >= 4 is 22.6 Å². The Morgan fingerprint density at radius 2 is 1.81 bits per heavy atom. The summed E-state index contributed by atoms with van der Waals surface area (Å²) in [5.74, 6) is 0. The van der Waals surface area contributed by atoms with Gasteiger partial charge in [0.2, 0.25) is 0 Å². The van der Waals surface area contributed by atoms with E-state index in [1.165, 1.54) is 9.13 Å². The highest BCUT2D eigenvalue weighted by molar-refractivity contribution is 14.1. The Labute approximate surface area is 112 Å². The molecule has 90 valence electrons. The minimum atomic E-state index is 0.315. The van der Waals surface area contributed by atoms with Crippen LogP contribution < -0.4 is 5.32 Å². The third-order valence-corrected chi connectivity index (χ3v) is 3.09. The number of hydrogen-bond donors (Lipinski definition) is 1. The number of benzene rings is 1. The van der Waals surface area contributed by atoms with Crippen molar-refractivity contribution in [3.05, 3.63) is 33.4 Å². The zero-order valence-electron chi connectivity index (χ0n) is 10.2. The van der Waals surface area contributed by atoms with Crippen molar-refractivity contribution in [1.29, 1.82) is 0 Å². The molecule has 0 aliphatic carbocycles. The second-order valence-electron chi connectivity index (χ2n) is 4.15. The van der Waals surface area contributed by atoms with E-state index in [0.717, 1.165) is 13.2 Å². The fraction of sp³-hybridized carbons (Fsp3) is 0.538. The van der Waals surface area contributed by atoms with Gasteiger partial charge >= 0.3 is 0 Å². The highest BCUT2D eigenvalue weighted by atomic mass is 127. The summed E-state index contributed by atoms with van der Waals surface area (Å²) in [6.45, 7) is 7.96. The predicted molar refractivity (Wildman–Crippen MR) is 76.7 cm³/mol. The van der Waals surface area contributed by atoms with Crippen molar-refractivity contribution in [3.8, 4) is 0 Å². The van der Waals surface area contributed by atoms with Crippen molar-refractivity contribution < 1.29 is 4.74 Å². The molecule has 1 N–H and O–H groups in total. The highest BCUT2D eigenvalue weighted by Gasteiger charge is 2.03. The van der Waals surface area contributed by atoms with Gasteiger partial charge in [0.05, 0.1) is 12.7 Å². The van der Waals surface area contributed by atoms with Crippen LogP contribution in [0.1, 0.15) is 32.4 Å². The molecule has 2 nitrogen and oxygen atoms in total. The molecule has 1 aromatic rings. The van der Waals surface area contributed by atoms with Gasteiger partial charge in [0, 0.05) is 16.2 Å². The van der Waals surface area contributed by atoms with E-state index in [0.29, 0.717) is 12.1 Å². The molecular weight excluding hydrogens is 313 g/mol. The molecule has 3 heteroatoms. The quantitative estimate of drug-likeness (QED) is 0.637. The zero-order chi connectivity index (χ0) is 12.0. The molecule has 0 fully saturated rings. The van der Waals surface area contributed by atoms with Gasteiger partial charge in [0.15, 0.2) is 0 Å². The summed E-state index contributed by atoms with van der Waals surface area (Å²) in [7, 11) is 0. The maximum atomic E-state index is 5.48. The normalized spacial score (nSPS) is 13.1. The van der Waals surface area contributed by atoms with Crippen LogP contribution in [-0.4, -0.2) is 19.3 Å². The van der Waals surface area contributed by atoms with Crippen molar-refractivity contribution in [2.45, 2.75) is 32.9 Å². The van der Waals surface area contributed by atoms with E-state index >= 15 is 0 Å². The van der Waals surface area contributed by atoms with Gasteiger partial charge in [-0.1, -0.05) is 12.1 Å². The Balaban J connectivity index is 2.29. The summed E-state index contributed by atoms with van der Waals surface area (Å²) >= 11 is 2.32. The fourth-order valence-corrected chi connectivity index (χ4v) is 1.80. The SMILES string of the molecule is CC(C)OCCNC(C)c1ccc(I)cc1. The molecule has 0 saturated heterocycles. The molecule has 0 aromatic heterocycles. The average Bonchev–Trinajstić information content (AvgIpc) is 2.25. The van der Waals surface area contributed by atoms with Gasteiger partial charge in [-0.25, -0.2) is 0 Å². The van der Waals surface area contributed by atoms with Gasteiger partial charge < -0.3 is 10.1 Å². The van der Waals surface area contributed by atoms with E-state index in [4.69, 9.17) is 4.74 Å². The predicted octanol–water partition coefficient (Wildman–Crippen LogP) is 3.37. The van der Waals surface area contributed by atoms with Crippen molar-refractivity contribution in [2.75, 3.05) is 13.2 Å². The summed E-state index contributed by atoms with van der Waals surface area (Å²) in [5, 5.41) is 3.45. The lowest BCUT2D eigenvalue weighted by Crippen LogP contribution is -2.24. The van der Waals surface area contributed by atoms with Gasteiger partial charge in [0.1, 0.15) is 0 Å². The third kappa shape index (κ3) is 5.27. The number of rotatable bonds is 6. The lowest BCUT2D eigenvalue weighted by atomic mass is 10.1. The summed E-state index contributed by atoms with van der Waals surface area (Å²) in [6.07, 6.45) is 0.315. The number of hydrogen-bond acceptors (Lipinski definition) is 2. The molecule has 0 amide bonds. The molecule has 0 aliphatic rings. The van der Waals surface area contributed by atoms with E-state index in [-0.39, 0.29) is 0 Å². The maximum Gasteiger partial charge on any atom is 0.0594 e. The van der Waals surface area contributed by atoms with E-state index in [9.17, 15) is 0 Å². The van der Waals surface area contributed by atoms with Crippen molar-refractivity contribution in [1.82, 2.24) is 5.32 Å². The second kappa shape index (κ2) is 7.25. The Kier molecular flexibility index (Phi) is 6.31. The minimum absolute atomic E-state index is 0.315. The molecule has 0 heterocycles. The van der Waals surface area contributed by atoms with Crippen molar-refractivity contribution in [2.24, 2.45) is 0 Å². The minimum Gasteiger partial charge on any atom is -0.377 e. The Morgan fingerprint density at radius 3 is 2.38 bits per heavy atom. The molecule has 0 bridgehead atoms. The molecule has 1 rings (SSSR count). The third-order valence-electron chi connectivity index (χ3n) is 2.37. The van der Waals surface area contributed by atoms with Crippen LogP contribution in [-0.2, 0) is 4.74 Å². The fourth-order valence-electron chi connectivity index (χ4n) is 1.44. The van der Waals surface area contributed by atoms with Crippen LogP contribution in [0.4, 0.5) is 0 Å². The van der Waals surface area contributed by atoms with Crippen LogP contribution in [0.2, 0.25) is 0 Å². The van der Waals surface area contributed by atoms with E-state index < -0.39 is 0 Å². The Bertz CT molecular complexity index is 297. The van der Waals surface area contributed by atoms with Gasteiger partial charge in [-0.2, -0.15) is 0 Å². The van der Waals surface area contributed by atoms with Gasteiger partial charge in [0.25, 0.3) is 0 Å². The smallest absolute Gasteiger partial charge is 0.0594 e. The molecule has 1 atom stereocenters. The highest BCUT2D eigenvalue weighted by Crippen LogP contribution is 2.13. The maximum absolute atomic E-state index is 5.48. The van der Waals surface area contributed by atoms with Gasteiger partial charge in [-0.15, -0.1) is 0 Å². The van der Waals surface area contributed by atoms with Crippen molar-refractivity contribution in [3.63, 3.8) is 0 Å². The molecule has 0 spiro atoms. The number of ether oxygens (including phenoxy) is 1. The molecule has 16 heavy (non-hydrogen) atoms. The zero-order valence-corrected chi connectivity index (χ0v) is 12.3. The lowest BCUT2D eigenvalue weighted by Gasteiger charge is -2.15. The summed E-state index contributed by atoms with van der Waals surface area (Å²) in [5.41, 5.74) is 1.32. The van der Waals surface area contributed by atoms with E-state index in [1.54, 1.807) is 0 Å². The largest absolute Gasteiger partial charge is 0.377 e. The van der Waals surface area contributed by atoms with Crippen LogP contribution in [0, 0.1) is 3.57 Å². The first-order valence-electron chi connectivity index (χ1n) is 5.70. The number of nitrogens with one attached hydrogen (secondary N) is 1. The summed E-state index contributed by atoms with van der Waals surface area (Å²) < 4.78 is 6.76. The monoisotopic (exact) mass is 333 g/mol. The molecule has 0 saturated carbocycles. The topological polar surface area (TPSA) is 21.3 Å². The average molecular weight is 333 g/mol. The van der Waals surface area contributed by atoms with E-state index in [2.05, 4.69) is 72.9 Å². The van der Waals surface area contributed by atoms with Crippen LogP contribution in [0.15, 0.2) is 24.3 Å². The van der Waals surface area contributed by atoms with Crippen LogP contribution in [0.5, 0.6) is 0 Å². The Morgan fingerprint density at radius 1 is 1.19 bits per heavy atom. The van der Waals surface area contributed by atoms with Gasteiger partial charge in [-0.05, 0) is 61.1 Å². The second-order valence-corrected chi connectivity index (χ2v) is 5.39. The summed E-state index contributed by atoms with van der Waals surface area (Å²) in [4.78, 5) is 0. The molecular formula is C13H20INO. The lowest BCUT2D eigenvalue weighted by molar-refractivity contribution is 0.0796. The summed E-state index contributed by atoms with van der Waals surface area (Å²) in [6, 6.07) is 9.00. The number of halogens is 1. The molecule has 1 aromatic carbocycles. The molecule has 1 unspecified atom stereocenters. The first-order chi connectivity index (χ1) is 7.59. The molecule has 0 aliphatic heterocycles. The van der Waals surface area contributed by atoms with Gasteiger partial charge in [-0.3, -0.25) is 0 Å². The van der Waals surface area contributed by atoms with Crippen LogP contribution in [0.25, 0.3) is 0 Å². The Hall–Kier alpha value is -0.130. The van der Waals surface area contributed by atoms with E-state index in [1.807, 2.05) is 0 Å². The molecule has 0 radical (unpaired) electrons. The van der Waals surface area contributed by atoms with Crippen LogP contribution in [0.3, 0.4) is 0 Å². The standard InChI is InChI=1S/C13H20INO/c1-10(2)16-9-8-15-11(3)12-4-6-13(14)7-5-12/h4-7,10-11,15H,8-9H2,1-3H3. The van der Waals surface area contributed by atoms with Crippen LogP contribution >= 0.6 is 22.6 Å². The first-order valence-corrected chi connectivity index (χ1v) is 6.78.